The summed E-state index contributed by atoms with van der Waals surface area (Å²) in [5.74, 6) is 1.06. The number of nitrogens with one attached hydrogen (secondary N) is 1. The van der Waals surface area contributed by atoms with Gasteiger partial charge in [-0.25, -0.2) is 4.98 Å². The van der Waals surface area contributed by atoms with Gasteiger partial charge >= 0.3 is 0 Å². The monoisotopic (exact) mass is 300 g/mol. The molecule has 1 N–H and O–H groups in total. The van der Waals surface area contributed by atoms with Crippen LogP contribution in [-0.4, -0.2) is 16.8 Å². The summed E-state index contributed by atoms with van der Waals surface area (Å²) in [6.07, 6.45) is 4.82. The maximum absolute atomic E-state index is 4.83. The Morgan fingerprint density at radius 1 is 1.26 bits per heavy atom. The van der Waals surface area contributed by atoms with Gasteiger partial charge in [0.25, 0.3) is 0 Å². The van der Waals surface area contributed by atoms with Gasteiger partial charge in [0, 0.05) is 17.2 Å². The fraction of sp³-hybridized carbons (Fsp3) is 0.800. The summed E-state index contributed by atoms with van der Waals surface area (Å²) in [6.45, 7) is 11.1. The molecule has 0 amide bonds. The van der Waals surface area contributed by atoms with Gasteiger partial charge in [0.1, 0.15) is 5.01 Å². The van der Waals surface area contributed by atoms with Crippen molar-refractivity contribution < 1.29 is 0 Å². The van der Waals surface area contributed by atoms with Gasteiger partial charge in [0.2, 0.25) is 0 Å². The van der Waals surface area contributed by atoms with Crippen LogP contribution in [-0.2, 0) is 18.7 Å². The first-order valence-electron chi connectivity index (χ1n) is 7.47. The molecule has 0 fully saturated rings. The molecular formula is C15H28N2S2. The number of thioether (sulfide) groups is 1. The Morgan fingerprint density at radius 3 is 2.68 bits per heavy atom. The second kappa shape index (κ2) is 9.78. The largest absolute Gasteiger partial charge is 0.312 e. The summed E-state index contributed by atoms with van der Waals surface area (Å²) < 4.78 is 0. The highest BCUT2D eigenvalue weighted by molar-refractivity contribution is 7.99. The third-order valence-electron chi connectivity index (χ3n) is 2.84. The van der Waals surface area contributed by atoms with Crippen molar-refractivity contribution in [3.8, 4) is 0 Å². The van der Waals surface area contributed by atoms with E-state index < -0.39 is 0 Å². The van der Waals surface area contributed by atoms with E-state index in [1.807, 2.05) is 23.1 Å². The van der Waals surface area contributed by atoms with E-state index in [0.29, 0.717) is 5.25 Å². The third kappa shape index (κ3) is 6.77. The molecule has 0 aliphatic heterocycles. The molecule has 1 aromatic rings. The number of aryl methyl sites for hydroxylation is 1. The van der Waals surface area contributed by atoms with Crippen LogP contribution in [0, 0.1) is 0 Å². The van der Waals surface area contributed by atoms with Gasteiger partial charge in [-0.3, -0.25) is 0 Å². The molecule has 0 aromatic carbocycles. The topological polar surface area (TPSA) is 24.9 Å². The second-order valence-corrected chi connectivity index (χ2v) is 7.85. The van der Waals surface area contributed by atoms with E-state index in [1.54, 1.807) is 0 Å². The normalized spacial score (nSPS) is 11.4. The van der Waals surface area contributed by atoms with Crippen molar-refractivity contribution in [2.75, 3.05) is 6.54 Å². The number of rotatable bonds is 10. The van der Waals surface area contributed by atoms with Crippen LogP contribution in [0.25, 0.3) is 0 Å². The van der Waals surface area contributed by atoms with Crippen LogP contribution >= 0.6 is 23.1 Å². The van der Waals surface area contributed by atoms with Crippen molar-refractivity contribution in [1.82, 2.24) is 10.3 Å². The zero-order chi connectivity index (χ0) is 14.1. The van der Waals surface area contributed by atoms with Crippen molar-refractivity contribution in [3.63, 3.8) is 0 Å². The quantitative estimate of drug-likeness (QED) is 0.638. The molecule has 110 valence electrons. The van der Waals surface area contributed by atoms with Crippen molar-refractivity contribution in [2.45, 2.75) is 70.9 Å². The Hall–Kier alpha value is -0.0600. The minimum Gasteiger partial charge on any atom is -0.312 e. The molecule has 0 radical (unpaired) electrons. The molecule has 0 bridgehead atoms. The molecule has 0 aliphatic carbocycles. The number of hydrogen-bond acceptors (Lipinski definition) is 4. The van der Waals surface area contributed by atoms with Gasteiger partial charge in [-0.2, -0.15) is 11.8 Å². The molecule has 1 heterocycles. The molecule has 0 atom stereocenters. The summed E-state index contributed by atoms with van der Waals surface area (Å²) in [6, 6.07) is 0. The molecule has 1 rings (SSSR count). The summed E-state index contributed by atoms with van der Waals surface area (Å²) in [5.41, 5.74) is 1.33. The molecule has 0 saturated carbocycles. The van der Waals surface area contributed by atoms with Crippen molar-refractivity contribution in [2.24, 2.45) is 0 Å². The average molecular weight is 301 g/mol. The first-order chi connectivity index (χ1) is 9.17. The summed E-state index contributed by atoms with van der Waals surface area (Å²) in [4.78, 5) is 6.28. The highest BCUT2D eigenvalue weighted by Crippen LogP contribution is 2.25. The molecule has 4 heteroatoms. The molecule has 0 aliphatic rings. The molecular weight excluding hydrogens is 272 g/mol. The Morgan fingerprint density at radius 2 is 2.05 bits per heavy atom. The lowest BCUT2D eigenvalue weighted by Crippen LogP contribution is -2.14. The molecule has 1 aromatic heterocycles. The maximum atomic E-state index is 4.83. The van der Waals surface area contributed by atoms with Gasteiger partial charge in [-0.05, 0) is 24.6 Å². The highest BCUT2D eigenvalue weighted by atomic mass is 32.2. The number of aromatic nitrogens is 1. The van der Waals surface area contributed by atoms with E-state index in [9.17, 15) is 0 Å². The Bertz CT molecular complexity index is 348. The zero-order valence-corrected chi connectivity index (χ0v) is 14.4. The average Bonchev–Trinajstić information content (AvgIpc) is 2.75. The fourth-order valence-electron chi connectivity index (χ4n) is 1.81. The lowest BCUT2D eigenvalue weighted by molar-refractivity contribution is 0.641. The van der Waals surface area contributed by atoms with Crippen LogP contribution in [0.15, 0.2) is 0 Å². The van der Waals surface area contributed by atoms with Gasteiger partial charge in [0.15, 0.2) is 0 Å². The molecule has 0 unspecified atom stereocenters. The highest BCUT2D eigenvalue weighted by Gasteiger charge is 2.10. The fourth-order valence-corrected chi connectivity index (χ4v) is 3.67. The zero-order valence-electron chi connectivity index (χ0n) is 12.8. The standard InChI is InChI=1S/C15H28N2S2/c1-5-7-9-16-10-14-13(8-6-2)17-15(19-14)11-18-12(3)4/h12,16H,5-11H2,1-4H3. The van der Waals surface area contributed by atoms with Crippen molar-refractivity contribution in [1.29, 1.82) is 0 Å². The van der Waals surface area contributed by atoms with E-state index in [-0.39, 0.29) is 0 Å². The lowest BCUT2D eigenvalue weighted by Gasteiger charge is -2.03. The van der Waals surface area contributed by atoms with Gasteiger partial charge < -0.3 is 5.32 Å². The summed E-state index contributed by atoms with van der Waals surface area (Å²) in [7, 11) is 0. The molecule has 19 heavy (non-hydrogen) atoms. The van der Waals surface area contributed by atoms with Gasteiger partial charge in [-0.15, -0.1) is 11.3 Å². The minimum absolute atomic E-state index is 0.685. The molecule has 0 spiro atoms. The van der Waals surface area contributed by atoms with Crippen LogP contribution in [0.4, 0.5) is 0 Å². The van der Waals surface area contributed by atoms with E-state index >= 15 is 0 Å². The predicted octanol–water partition coefficient (Wildman–Crippen LogP) is 4.63. The Balaban J connectivity index is 2.55. The van der Waals surface area contributed by atoms with Crippen LogP contribution in [0.3, 0.4) is 0 Å². The summed E-state index contributed by atoms with van der Waals surface area (Å²) in [5, 5.41) is 5.53. The number of hydrogen-bond donors (Lipinski definition) is 1. The van der Waals surface area contributed by atoms with Crippen LogP contribution in [0.2, 0.25) is 0 Å². The third-order valence-corrected chi connectivity index (χ3v) is 5.23. The number of unbranched alkanes of at least 4 members (excludes halogenated alkanes) is 1. The summed E-state index contributed by atoms with van der Waals surface area (Å²) >= 11 is 3.89. The lowest BCUT2D eigenvalue weighted by atomic mass is 10.2. The number of nitrogens with zero attached hydrogens (tertiary/aromatic N) is 1. The van der Waals surface area contributed by atoms with Crippen molar-refractivity contribution in [3.05, 3.63) is 15.6 Å². The van der Waals surface area contributed by atoms with Gasteiger partial charge in [-0.1, -0.05) is 40.5 Å². The first-order valence-corrected chi connectivity index (χ1v) is 9.33. The Labute approximate surface area is 126 Å². The minimum atomic E-state index is 0.685. The van der Waals surface area contributed by atoms with E-state index in [0.717, 1.165) is 25.3 Å². The van der Waals surface area contributed by atoms with E-state index in [1.165, 1.54) is 34.8 Å². The van der Waals surface area contributed by atoms with Gasteiger partial charge in [0.05, 0.1) is 5.69 Å². The van der Waals surface area contributed by atoms with Crippen LogP contribution in [0.5, 0.6) is 0 Å². The molecule has 0 saturated heterocycles. The first kappa shape index (κ1) is 17.0. The SMILES string of the molecule is CCCCNCc1sc(CSC(C)C)nc1CCC. The van der Waals surface area contributed by atoms with E-state index in [4.69, 9.17) is 4.98 Å². The number of thiazole rings is 1. The van der Waals surface area contributed by atoms with Crippen LogP contribution < -0.4 is 5.32 Å². The predicted molar refractivity (Wildman–Crippen MR) is 89.2 cm³/mol. The van der Waals surface area contributed by atoms with E-state index in [2.05, 4.69) is 33.0 Å². The molecule has 2 nitrogen and oxygen atoms in total. The van der Waals surface area contributed by atoms with Crippen molar-refractivity contribution >= 4 is 23.1 Å². The second-order valence-electron chi connectivity index (χ2n) is 5.12. The van der Waals surface area contributed by atoms with Crippen LogP contribution in [0.1, 0.15) is 62.5 Å². The maximum Gasteiger partial charge on any atom is 0.103 e. The Kier molecular flexibility index (Phi) is 8.75. The smallest absolute Gasteiger partial charge is 0.103 e.